The minimum atomic E-state index is -0.293. The van der Waals surface area contributed by atoms with Crippen LogP contribution in [0.1, 0.15) is 49.5 Å². The third-order valence-corrected chi connectivity index (χ3v) is 3.48. The van der Waals surface area contributed by atoms with Crippen molar-refractivity contribution in [3.8, 4) is 0 Å². The first-order chi connectivity index (χ1) is 7.78. The molecule has 1 aromatic rings. The van der Waals surface area contributed by atoms with Crippen LogP contribution in [0.5, 0.6) is 0 Å². The summed E-state index contributed by atoms with van der Waals surface area (Å²) in [5, 5.41) is 3.88. The number of hydrogen-bond donors (Lipinski definition) is 2. The molecule has 0 aliphatic rings. The van der Waals surface area contributed by atoms with Crippen molar-refractivity contribution in [1.82, 2.24) is 10.3 Å². The second kappa shape index (κ2) is 5.60. The van der Waals surface area contributed by atoms with Crippen LogP contribution in [0.2, 0.25) is 0 Å². The Morgan fingerprint density at radius 1 is 1.65 bits per heavy atom. The molecule has 0 saturated carbocycles. The second-order valence-corrected chi connectivity index (χ2v) is 6.35. The van der Waals surface area contributed by atoms with Crippen LogP contribution in [0.4, 0.5) is 0 Å². The van der Waals surface area contributed by atoms with Crippen LogP contribution in [-0.2, 0) is 4.79 Å². The molecule has 0 saturated heterocycles. The number of nitrogens with one attached hydrogen (secondary N) is 1. The Morgan fingerprint density at radius 2 is 2.29 bits per heavy atom. The van der Waals surface area contributed by atoms with Crippen molar-refractivity contribution in [2.45, 2.75) is 52.1 Å². The Hall–Kier alpha value is -0.940. The number of nitrogens with two attached hydrogens (primary N) is 1. The molecular weight excluding hydrogens is 234 g/mol. The monoisotopic (exact) mass is 255 g/mol. The van der Waals surface area contributed by atoms with Gasteiger partial charge in [-0.2, -0.15) is 0 Å². The zero-order chi connectivity index (χ0) is 13.1. The number of hydrogen-bond acceptors (Lipinski definition) is 4. The molecular formula is C12H21N3OS. The number of aromatic nitrogens is 1. The van der Waals surface area contributed by atoms with Gasteiger partial charge in [-0.15, -0.1) is 11.3 Å². The molecule has 1 atom stereocenters. The van der Waals surface area contributed by atoms with E-state index < -0.39 is 0 Å². The normalized spacial score (nSPS) is 13.5. The molecule has 17 heavy (non-hydrogen) atoms. The van der Waals surface area contributed by atoms with Gasteiger partial charge in [-0.25, -0.2) is 4.98 Å². The highest BCUT2D eigenvalue weighted by Crippen LogP contribution is 2.19. The first kappa shape index (κ1) is 14.1. The third kappa shape index (κ3) is 5.28. The molecule has 4 nitrogen and oxygen atoms in total. The zero-order valence-electron chi connectivity index (χ0n) is 10.9. The first-order valence-corrected chi connectivity index (χ1v) is 6.60. The Kier molecular flexibility index (Phi) is 4.65. The summed E-state index contributed by atoms with van der Waals surface area (Å²) in [6.45, 7) is 7.80. The number of aryl methyl sites for hydroxylation is 1. The van der Waals surface area contributed by atoms with E-state index in [0.29, 0.717) is 12.8 Å². The zero-order valence-corrected chi connectivity index (χ0v) is 11.7. The number of nitrogens with zero attached hydrogens (tertiary/aromatic N) is 1. The smallest absolute Gasteiger partial charge is 0.220 e. The summed E-state index contributed by atoms with van der Waals surface area (Å²) in [5.41, 5.74) is 5.55. The van der Waals surface area contributed by atoms with E-state index in [4.69, 9.17) is 5.73 Å². The summed E-state index contributed by atoms with van der Waals surface area (Å²) in [7, 11) is 0. The molecule has 0 spiro atoms. The van der Waals surface area contributed by atoms with Gasteiger partial charge >= 0.3 is 0 Å². The quantitative estimate of drug-likeness (QED) is 0.847. The molecule has 0 bridgehead atoms. The number of rotatable bonds is 5. The summed E-state index contributed by atoms with van der Waals surface area (Å²) in [6, 6.07) is -0.0258. The van der Waals surface area contributed by atoms with Gasteiger partial charge < -0.3 is 11.1 Å². The van der Waals surface area contributed by atoms with Crippen LogP contribution < -0.4 is 11.1 Å². The van der Waals surface area contributed by atoms with E-state index in [1.807, 2.05) is 33.9 Å². The lowest BCUT2D eigenvalue weighted by atomic mass is 10.00. The molecule has 0 aliphatic carbocycles. The van der Waals surface area contributed by atoms with Gasteiger partial charge in [-0.05, 0) is 34.1 Å². The van der Waals surface area contributed by atoms with Gasteiger partial charge in [-0.1, -0.05) is 0 Å². The predicted octanol–water partition coefficient (Wildman–Crippen LogP) is 2.15. The number of thiazole rings is 1. The van der Waals surface area contributed by atoms with Crippen molar-refractivity contribution in [3.63, 3.8) is 0 Å². The average Bonchev–Trinajstić information content (AvgIpc) is 2.61. The molecule has 96 valence electrons. The van der Waals surface area contributed by atoms with Crippen molar-refractivity contribution < 1.29 is 4.79 Å². The fourth-order valence-corrected chi connectivity index (χ4v) is 2.16. The Balaban J connectivity index is 2.41. The lowest BCUT2D eigenvalue weighted by Gasteiger charge is -2.18. The van der Waals surface area contributed by atoms with Crippen molar-refractivity contribution in [3.05, 3.63) is 16.1 Å². The molecule has 1 unspecified atom stereocenters. The lowest BCUT2D eigenvalue weighted by molar-refractivity contribution is -0.122. The van der Waals surface area contributed by atoms with Crippen molar-refractivity contribution in [1.29, 1.82) is 0 Å². The third-order valence-electron chi connectivity index (χ3n) is 2.38. The van der Waals surface area contributed by atoms with Gasteiger partial charge in [0.05, 0.1) is 6.04 Å². The minimum Gasteiger partial charge on any atom is -0.347 e. The fraction of sp³-hybridized carbons (Fsp3) is 0.667. The van der Waals surface area contributed by atoms with E-state index in [2.05, 4.69) is 10.3 Å². The summed E-state index contributed by atoms with van der Waals surface area (Å²) in [5.74, 6) is 0.0314. The van der Waals surface area contributed by atoms with Crippen LogP contribution in [0.25, 0.3) is 0 Å². The highest BCUT2D eigenvalue weighted by molar-refractivity contribution is 7.11. The lowest BCUT2D eigenvalue weighted by Crippen LogP contribution is -2.35. The van der Waals surface area contributed by atoms with Gasteiger partial charge in [0.2, 0.25) is 5.91 Å². The van der Waals surface area contributed by atoms with Crippen molar-refractivity contribution >= 4 is 17.2 Å². The molecule has 1 heterocycles. The maximum absolute atomic E-state index is 11.7. The largest absolute Gasteiger partial charge is 0.347 e. The highest BCUT2D eigenvalue weighted by atomic mass is 32.1. The standard InChI is InChI=1S/C12H21N3OS/c1-8-7-14-11(17-8)9(2)15-10(16)5-6-12(3,4)13/h7,9H,5-6,13H2,1-4H3,(H,15,16). The molecule has 1 amide bonds. The minimum absolute atomic E-state index is 0.0258. The van der Waals surface area contributed by atoms with E-state index in [9.17, 15) is 4.79 Å². The van der Waals surface area contributed by atoms with Gasteiger partial charge in [0.1, 0.15) is 5.01 Å². The van der Waals surface area contributed by atoms with E-state index in [0.717, 1.165) is 9.88 Å². The highest BCUT2D eigenvalue weighted by Gasteiger charge is 2.16. The summed E-state index contributed by atoms with van der Waals surface area (Å²) in [6.07, 6.45) is 2.96. The van der Waals surface area contributed by atoms with Crippen LogP contribution in [0.3, 0.4) is 0 Å². The number of carbonyl (C=O) groups is 1. The maximum Gasteiger partial charge on any atom is 0.220 e. The van der Waals surface area contributed by atoms with E-state index in [1.165, 1.54) is 0 Å². The van der Waals surface area contributed by atoms with Gasteiger partial charge in [0.25, 0.3) is 0 Å². The van der Waals surface area contributed by atoms with E-state index in [-0.39, 0.29) is 17.5 Å². The SMILES string of the molecule is Cc1cnc(C(C)NC(=O)CCC(C)(C)N)s1. The molecule has 3 N–H and O–H groups in total. The average molecular weight is 255 g/mol. The molecule has 5 heteroatoms. The number of amides is 1. The molecule has 1 rings (SSSR count). The van der Waals surface area contributed by atoms with Crippen LogP contribution in [0.15, 0.2) is 6.20 Å². The maximum atomic E-state index is 11.7. The molecule has 1 aromatic heterocycles. The Morgan fingerprint density at radius 3 is 2.76 bits per heavy atom. The van der Waals surface area contributed by atoms with Gasteiger partial charge in [-0.3, -0.25) is 4.79 Å². The van der Waals surface area contributed by atoms with Crippen LogP contribution >= 0.6 is 11.3 Å². The van der Waals surface area contributed by atoms with Crippen LogP contribution in [0, 0.1) is 6.92 Å². The summed E-state index contributed by atoms with van der Waals surface area (Å²) in [4.78, 5) is 17.1. The van der Waals surface area contributed by atoms with Crippen molar-refractivity contribution in [2.75, 3.05) is 0 Å². The van der Waals surface area contributed by atoms with Gasteiger partial charge in [0.15, 0.2) is 0 Å². The van der Waals surface area contributed by atoms with Crippen molar-refractivity contribution in [2.24, 2.45) is 5.73 Å². The Bertz CT molecular complexity index is 381. The molecule has 0 aliphatic heterocycles. The molecule has 0 radical (unpaired) electrons. The van der Waals surface area contributed by atoms with E-state index in [1.54, 1.807) is 11.3 Å². The van der Waals surface area contributed by atoms with Crippen LogP contribution in [-0.4, -0.2) is 16.4 Å². The predicted molar refractivity (Wildman–Crippen MR) is 70.9 cm³/mol. The van der Waals surface area contributed by atoms with E-state index >= 15 is 0 Å². The first-order valence-electron chi connectivity index (χ1n) is 5.78. The van der Waals surface area contributed by atoms with Gasteiger partial charge in [0, 0.05) is 23.0 Å². The molecule has 0 fully saturated rings. The fourth-order valence-electron chi connectivity index (χ4n) is 1.38. The topological polar surface area (TPSA) is 68.0 Å². The second-order valence-electron chi connectivity index (χ2n) is 5.09. The molecule has 0 aromatic carbocycles. The number of carbonyl (C=O) groups excluding carboxylic acids is 1. The summed E-state index contributed by atoms with van der Waals surface area (Å²) < 4.78 is 0. The Labute approximate surface area is 107 Å². The summed E-state index contributed by atoms with van der Waals surface area (Å²) >= 11 is 1.61.